The van der Waals surface area contributed by atoms with Crippen molar-refractivity contribution in [2.45, 2.75) is 11.8 Å². The van der Waals surface area contributed by atoms with Gasteiger partial charge in [-0.2, -0.15) is 0 Å². The van der Waals surface area contributed by atoms with Gasteiger partial charge in [0.2, 0.25) is 0 Å². The van der Waals surface area contributed by atoms with Gasteiger partial charge in [0.25, 0.3) is 0 Å². The van der Waals surface area contributed by atoms with Gasteiger partial charge in [-0.25, -0.2) is 12.8 Å². The maximum Gasteiger partial charge on any atom is 0.175 e. The van der Waals surface area contributed by atoms with E-state index < -0.39 is 9.84 Å². The van der Waals surface area contributed by atoms with Crippen molar-refractivity contribution < 1.29 is 17.6 Å². The SMILES string of the molecule is CC1=C(C=O)c2cc(F)ccc2/C1=C/c1ccc(S(C)(=O)=O)cc1. The van der Waals surface area contributed by atoms with Gasteiger partial charge in [0.05, 0.1) is 4.90 Å². The highest BCUT2D eigenvalue weighted by Crippen LogP contribution is 2.41. The molecule has 0 aliphatic heterocycles. The normalized spacial score (nSPS) is 15.7. The van der Waals surface area contributed by atoms with Crippen molar-refractivity contribution in [2.75, 3.05) is 6.26 Å². The van der Waals surface area contributed by atoms with Crippen LogP contribution >= 0.6 is 0 Å². The number of carbonyl (C=O) groups is 1. The quantitative estimate of drug-likeness (QED) is 0.798. The Morgan fingerprint density at radius 2 is 1.67 bits per heavy atom. The van der Waals surface area contributed by atoms with Crippen molar-refractivity contribution in [3.63, 3.8) is 0 Å². The third kappa shape index (κ3) is 2.83. The third-order valence-electron chi connectivity index (χ3n) is 4.11. The van der Waals surface area contributed by atoms with Crippen LogP contribution in [0.25, 0.3) is 17.2 Å². The number of allylic oxidation sites excluding steroid dienone is 3. The molecule has 0 heterocycles. The predicted octanol–water partition coefficient (Wildman–Crippen LogP) is 3.76. The zero-order chi connectivity index (χ0) is 17.5. The first-order chi connectivity index (χ1) is 11.3. The van der Waals surface area contributed by atoms with E-state index in [1.165, 1.54) is 12.1 Å². The van der Waals surface area contributed by atoms with Crippen molar-refractivity contribution in [3.05, 3.63) is 70.5 Å². The van der Waals surface area contributed by atoms with Crippen LogP contribution in [-0.4, -0.2) is 21.0 Å². The first-order valence-corrected chi connectivity index (χ1v) is 9.19. The molecule has 2 aromatic carbocycles. The number of fused-ring (bicyclic) bond motifs is 1. The Labute approximate surface area is 140 Å². The largest absolute Gasteiger partial charge is 0.298 e. The second kappa shape index (κ2) is 5.83. The van der Waals surface area contributed by atoms with Crippen molar-refractivity contribution in [3.8, 4) is 0 Å². The lowest BCUT2D eigenvalue weighted by Crippen LogP contribution is -1.96. The van der Waals surface area contributed by atoms with Gasteiger partial charge in [-0.3, -0.25) is 4.79 Å². The number of aldehydes is 1. The topological polar surface area (TPSA) is 51.2 Å². The van der Waals surface area contributed by atoms with E-state index in [2.05, 4.69) is 0 Å². The summed E-state index contributed by atoms with van der Waals surface area (Å²) >= 11 is 0. The summed E-state index contributed by atoms with van der Waals surface area (Å²) < 4.78 is 36.5. The van der Waals surface area contributed by atoms with Gasteiger partial charge in [-0.1, -0.05) is 18.2 Å². The number of rotatable bonds is 3. The van der Waals surface area contributed by atoms with Crippen molar-refractivity contribution >= 4 is 33.3 Å². The van der Waals surface area contributed by atoms with E-state index in [4.69, 9.17) is 0 Å². The monoisotopic (exact) mass is 342 g/mol. The maximum atomic E-state index is 13.5. The van der Waals surface area contributed by atoms with E-state index in [9.17, 15) is 17.6 Å². The zero-order valence-corrected chi connectivity index (χ0v) is 14.0. The molecule has 3 rings (SSSR count). The Hall–Kier alpha value is -2.53. The Bertz CT molecular complexity index is 997. The molecule has 5 heteroatoms. The van der Waals surface area contributed by atoms with Gasteiger partial charge in [0.1, 0.15) is 5.82 Å². The molecule has 3 nitrogen and oxygen atoms in total. The van der Waals surface area contributed by atoms with Gasteiger partial charge >= 0.3 is 0 Å². The van der Waals surface area contributed by atoms with E-state index in [1.807, 2.05) is 13.0 Å². The van der Waals surface area contributed by atoms with Gasteiger partial charge in [0.15, 0.2) is 16.1 Å². The predicted molar refractivity (Wildman–Crippen MR) is 92.5 cm³/mol. The Morgan fingerprint density at radius 1 is 1.00 bits per heavy atom. The molecule has 0 N–H and O–H groups in total. The van der Waals surface area contributed by atoms with Crippen LogP contribution in [-0.2, 0) is 14.6 Å². The lowest BCUT2D eigenvalue weighted by molar-refractivity contribution is -0.103. The van der Waals surface area contributed by atoms with Crippen molar-refractivity contribution in [1.82, 2.24) is 0 Å². The molecule has 2 aromatic rings. The molecule has 0 saturated carbocycles. The van der Waals surface area contributed by atoms with E-state index in [0.29, 0.717) is 11.1 Å². The van der Waals surface area contributed by atoms with Gasteiger partial charge in [0, 0.05) is 11.8 Å². The number of halogens is 1. The molecular weight excluding hydrogens is 327 g/mol. The highest BCUT2D eigenvalue weighted by molar-refractivity contribution is 7.90. The summed E-state index contributed by atoms with van der Waals surface area (Å²) in [7, 11) is -3.24. The minimum absolute atomic E-state index is 0.249. The smallest absolute Gasteiger partial charge is 0.175 e. The van der Waals surface area contributed by atoms with E-state index in [-0.39, 0.29) is 10.7 Å². The van der Waals surface area contributed by atoms with Crippen LogP contribution in [0.3, 0.4) is 0 Å². The van der Waals surface area contributed by atoms with Crippen LogP contribution in [0.1, 0.15) is 23.6 Å². The van der Waals surface area contributed by atoms with Crippen LogP contribution in [0.4, 0.5) is 4.39 Å². The van der Waals surface area contributed by atoms with Crippen LogP contribution < -0.4 is 0 Å². The average Bonchev–Trinajstić information content (AvgIpc) is 2.78. The number of hydrogen-bond acceptors (Lipinski definition) is 3. The lowest BCUT2D eigenvalue weighted by Gasteiger charge is -2.05. The highest BCUT2D eigenvalue weighted by Gasteiger charge is 2.23. The number of sulfone groups is 1. The van der Waals surface area contributed by atoms with E-state index in [1.54, 1.807) is 30.3 Å². The Morgan fingerprint density at radius 3 is 2.25 bits per heavy atom. The second-order valence-electron chi connectivity index (χ2n) is 5.75. The lowest BCUT2D eigenvalue weighted by atomic mass is 10.0. The Balaban J connectivity index is 2.11. The summed E-state index contributed by atoms with van der Waals surface area (Å²) in [5.41, 5.74) is 4.27. The number of carbonyl (C=O) groups excluding carboxylic acids is 1. The first kappa shape index (κ1) is 16.3. The van der Waals surface area contributed by atoms with Gasteiger partial charge in [-0.05, 0) is 65.1 Å². The summed E-state index contributed by atoms with van der Waals surface area (Å²) in [5.74, 6) is -0.389. The molecule has 0 aromatic heterocycles. The molecule has 1 aliphatic carbocycles. The van der Waals surface area contributed by atoms with Crippen LogP contribution in [0, 0.1) is 5.82 Å². The fraction of sp³-hybridized carbons (Fsp3) is 0.105. The fourth-order valence-corrected chi connectivity index (χ4v) is 3.47. The molecule has 122 valence electrons. The van der Waals surface area contributed by atoms with Crippen molar-refractivity contribution in [1.29, 1.82) is 0 Å². The molecule has 0 bridgehead atoms. The van der Waals surface area contributed by atoms with Gasteiger partial charge in [-0.15, -0.1) is 0 Å². The van der Waals surface area contributed by atoms with Gasteiger partial charge < -0.3 is 0 Å². The molecule has 0 atom stereocenters. The molecule has 0 saturated heterocycles. The molecule has 1 aliphatic rings. The van der Waals surface area contributed by atoms with E-state index in [0.717, 1.165) is 34.8 Å². The summed E-state index contributed by atoms with van der Waals surface area (Å²) in [6.45, 7) is 1.82. The average molecular weight is 342 g/mol. The summed E-state index contributed by atoms with van der Waals surface area (Å²) in [6, 6.07) is 10.9. The molecular formula is C19H15FO3S. The summed E-state index contributed by atoms with van der Waals surface area (Å²) in [6.07, 6.45) is 3.77. The molecule has 0 spiro atoms. The van der Waals surface area contributed by atoms with E-state index >= 15 is 0 Å². The van der Waals surface area contributed by atoms with Crippen molar-refractivity contribution in [2.24, 2.45) is 0 Å². The second-order valence-corrected chi connectivity index (χ2v) is 7.76. The molecule has 0 unspecified atom stereocenters. The van der Waals surface area contributed by atoms with Crippen LogP contribution in [0.2, 0.25) is 0 Å². The molecule has 0 amide bonds. The molecule has 24 heavy (non-hydrogen) atoms. The Kier molecular flexibility index (Phi) is 3.97. The fourth-order valence-electron chi connectivity index (χ4n) is 2.84. The minimum atomic E-state index is -3.24. The number of benzene rings is 2. The maximum absolute atomic E-state index is 13.5. The van der Waals surface area contributed by atoms with Crippen LogP contribution in [0.5, 0.6) is 0 Å². The standard InChI is InChI=1S/C19H15FO3S/c1-12-17(9-13-3-6-15(7-4-13)24(2,22)23)16-8-5-14(20)10-18(16)19(12)11-21/h3-11H,1-2H3/b17-9+. The highest BCUT2D eigenvalue weighted by atomic mass is 32.2. The number of hydrogen-bond donors (Lipinski definition) is 0. The summed E-state index contributed by atoms with van der Waals surface area (Å²) in [5, 5.41) is 0. The zero-order valence-electron chi connectivity index (χ0n) is 13.2. The van der Waals surface area contributed by atoms with Crippen LogP contribution in [0.15, 0.2) is 52.9 Å². The molecule has 0 fully saturated rings. The third-order valence-corrected chi connectivity index (χ3v) is 5.24. The molecule has 0 radical (unpaired) electrons. The minimum Gasteiger partial charge on any atom is -0.298 e. The summed E-state index contributed by atoms with van der Waals surface area (Å²) in [4.78, 5) is 11.6. The first-order valence-electron chi connectivity index (χ1n) is 7.30.